The van der Waals surface area contributed by atoms with Crippen LogP contribution in [0.5, 0.6) is 0 Å². The minimum atomic E-state index is 0.159. The molecule has 2 heteroatoms. The van der Waals surface area contributed by atoms with Crippen LogP contribution in [0.25, 0.3) is 0 Å². The predicted molar refractivity (Wildman–Crippen MR) is 78.9 cm³/mol. The lowest BCUT2D eigenvalue weighted by Gasteiger charge is -2.33. The van der Waals surface area contributed by atoms with E-state index < -0.39 is 0 Å². The number of nitrogens with two attached hydrogens (primary N) is 1. The van der Waals surface area contributed by atoms with Crippen molar-refractivity contribution in [3.63, 3.8) is 0 Å². The average Bonchev–Trinajstić information content (AvgIpc) is 2.78. The highest BCUT2D eigenvalue weighted by molar-refractivity contribution is 5.57. The summed E-state index contributed by atoms with van der Waals surface area (Å²) >= 11 is 0. The molecule has 2 rings (SSSR count). The zero-order valence-electron chi connectivity index (χ0n) is 11.9. The van der Waals surface area contributed by atoms with E-state index in [4.69, 9.17) is 5.73 Å². The third-order valence-electron chi connectivity index (χ3n) is 4.31. The Morgan fingerprint density at radius 2 is 2.00 bits per heavy atom. The highest BCUT2D eigenvalue weighted by Crippen LogP contribution is 2.36. The van der Waals surface area contributed by atoms with Crippen LogP contribution in [0.2, 0.25) is 0 Å². The molecule has 100 valence electrons. The molecule has 0 spiro atoms. The zero-order chi connectivity index (χ0) is 13.1. The largest absolute Gasteiger partial charge is 0.366 e. The van der Waals surface area contributed by atoms with Crippen molar-refractivity contribution in [3.8, 4) is 0 Å². The first kappa shape index (κ1) is 13.4. The molecule has 1 aromatic rings. The number of hydrogen-bond donors (Lipinski definition) is 1. The van der Waals surface area contributed by atoms with Crippen LogP contribution >= 0.6 is 0 Å². The fourth-order valence-corrected chi connectivity index (χ4v) is 3.16. The highest BCUT2D eigenvalue weighted by Gasteiger charge is 2.31. The molecular weight excluding hydrogens is 220 g/mol. The molecule has 0 amide bonds. The van der Waals surface area contributed by atoms with Crippen molar-refractivity contribution in [2.45, 2.75) is 64.6 Å². The molecule has 18 heavy (non-hydrogen) atoms. The molecule has 0 aliphatic carbocycles. The van der Waals surface area contributed by atoms with Gasteiger partial charge in [0.2, 0.25) is 0 Å². The summed E-state index contributed by atoms with van der Waals surface area (Å²) in [6.07, 6.45) is 4.83. The number of benzene rings is 1. The number of anilines is 1. The fraction of sp³-hybridized carbons (Fsp3) is 0.625. The van der Waals surface area contributed by atoms with Crippen LogP contribution in [0.4, 0.5) is 5.69 Å². The Morgan fingerprint density at radius 3 is 2.67 bits per heavy atom. The minimum Gasteiger partial charge on any atom is -0.366 e. The van der Waals surface area contributed by atoms with Crippen LogP contribution < -0.4 is 10.6 Å². The Morgan fingerprint density at radius 1 is 1.28 bits per heavy atom. The molecule has 1 saturated heterocycles. The van der Waals surface area contributed by atoms with Crippen LogP contribution in [0, 0.1) is 0 Å². The van der Waals surface area contributed by atoms with Crippen LogP contribution in [0.1, 0.15) is 58.1 Å². The lowest BCUT2D eigenvalue weighted by atomic mass is 10.0. The fourth-order valence-electron chi connectivity index (χ4n) is 3.16. The van der Waals surface area contributed by atoms with E-state index in [-0.39, 0.29) is 6.04 Å². The maximum atomic E-state index is 6.27. The normalized spacial score (nSPS) is 25.4. The molecule has 3 atom stereocenters. The third kappa shape index (κ3) is 2.39. The molecule has 2 N–H and O–H groups in total. The van der Waals surface area contributed by atoms with Gasteiger partial charge in [0.1, 0.15) is 0 Å². The molecule has 1 aromatic carbocycles. The van der Waals surface area contributed by atoms with Crippen LogP contribution in [-0.4, -0.2) is 12.1 Å². The molecule has 1 aliphatic rings. The first-order valence-corrected chi connectivity index (χ1v) is 7.31. The molecule has 1 aliphatic heterocycles. The monoisotopic (exact) mass is 246 g/mol. The van der Waals surface area contributed by atoms with Gasteiger partial charge in [0.25, 0.3) is 0 Å². The lowest BCUT2D eigenvalue weighted by Crippen LogP contribution is -2.35. The standard InChI is InChI=1S/C16H26N2/c1-4-13-11-10-12(3)18(13)16-9-7-6-8-14(16)15(17)5-2/h6-9,12-13,15H,4-5,10-11,17H2,1-3H3. The van der Waals surface area contributed by atoms with Gasteiger partial charge in [0.15, 0.2) is 0 Å². The highest BCUT2D eigenvalue weighted by atomic mass is 15.2. The second-order valence-electron chi connectivity index (χ2n) is 5.47. The summed E-state index contributed by atoms with van der Waals surface area (Å²) in [6.45, 7) is 6.79. The first-order chi connectivity index (χ1) is 8.69. The van der Waals surface area contributed by atoms with Crippen LogP contribution in [0.3, 0.4) is 0 Å². The molecule has 3 unspecified atom stereocenters. The van der Waals surface area contributed by atoms with E-state index in [0.29, 0.717) is 12.1 Å². The minimum absolute atomic E-state index is 0.159. The molecule has 2 nitrogen and oxygen atoms in total. The Bertz CT molecular complexity index is 388. The molecule has 0 saturated carbocycles. The van der Waals surface area contributed by atoms with Gasteiger partial charge < -0.3 is 10.6 Å². The second kappa shape index (κ2) is 5.75. The van der Waals surface area contributed by atoms with Crippen molar-refractivity contribution in [2.24, 2.45) is 5.73 Å². The van der Waals surface area contributed by atoms with Gasteiger partial charge >= 0.3 is 0 Å². The van der Waals surface area contributed by atoms with Gasteiger partial charge in [-0.2, -0.15) is 0 Å². The summed E-state index contributed by atoms with van der Waals surface area (Å²) in [7, 11) is 0. The van der Waals surface area contributed by atoms with Crippen LogP contribution in [-0.2, 0) is 0 Å². The van der Waals surface area contributed by atoms with Crippen LogP contribution in [0.15, 0.2) is 24.3 Å². The van der Waals surface area contributed by atoms with E-state index >= 15 is 0 Å². The number of para-hydroxylation sites is 1. The summed E-state index contributed by atoms with van der Waals surface area (Å²) in [5.74, 6) is 0. The summed E-state index contributed by atoms with van der Waals surface area (Å²) in [5.41, 5.74) is 8.95. The van der Waals surface area contributed by atoms with Gasteiger partial charge in [0, 0.05) is 23.8 Å². The van der Waals surface area contributed by atoms with Gasteiger partial charge in [-0.15, -0.1) is 0 Å². The van der Waals surface area contributed by atoms with Gasteiger partial charge in [-0.05, 0) is 44.2 Å². The Hall–Kier alpha value is -1.02. The van der Waals surface area contributed by atoms with E-state index in [0.717, 1.165) is 6.42 Å². The third-order valence-corrected chi connectivity index (χ3v) is 4.31. The first-order valence-electron chi connectivity index (χ1n) is 7.31. The number of nitrogens with zero attached hydrogens (tertiary/aromatic N) is 1. The van der Waals surface area contributed by atoms with Gasteiger partial charge in [-0.1, -0.05) is 32.0 Å². The topological polar surface area (TPSA) is 29.3 Å². The molecular formula is C16H26N2. The van der Waals surface area contributed by atoms with Crippen molar-refractivity contribution in [1.82, 2.24) is 0 Å². The lowest BCUT2D eigenvalue weighted by molar-refractivity contribution is 0.616. The predicted octanol–water partition coefficient (Wildman–Crippen LogP) is 3.86. The zero-order valence-corrected chi connectivity index (χ0v) is 11.9. The van der Waals surface area contributed by atoms with Gasteiger partial charge in [0.05, 0.1) is 0 Å². The quantitative estimate of drug-likeness (QED) is 0.874. The summed E-state index contributed by atoms with van der Waals surface area (Å²) in [5, 5.41) is 0. The maximum absolute atomic E-state index is 6.27. The second-order valence-corrected chi connectivity index (χ2v) is 5.47. The molecule has 0 radical (unpaired) electrons. The molecule has 0 bridgehead atoms. The van der Waals surface area contributed by atoms with E-state index in [2.05, 4.69) is 49.9 Å². The summed E-state index contributed by atoms with van der Waals surface area (Å²) in [6, 6.07) is 10.2. The molecule has 1 fully saturated rings. The van der Waals surface area contributed by atoms with Gasteiger partial charge in [-0.25, -0.2) is 0 Å². The smallest absolute Gasteiger partial charge is 0.0419 e. The molecule has 1 heterocycles. The van der Waals surface area contributed by atoms with Crippen molar-refractivity contribution in [3.05, 3.63) is 29.8 Å². The van der Waals surface area contributed by atoms with Gasteiger partial charge in [-0.3, -0.25) is 0 Å². The van der Waals surface area contributed by atoms with E-state index in [1.54, 1.807) is 0 Å². The van der Waals surface area contributed by atoms with Crippen molar-refractivity contribution < 1.29 is 0 Å². The van der Waals surface area contributed by atoms with E-state index in [1.165, 1.54) is 30.5 Å². The van der Waals surface area contributed by atoms with Crippen molar-refractivity contribution in [2.75, 3.05) is 4.90 Å². The van der Waals surface area contributed by atoms with E-state index in [1.807, 2.05) is 0 Å². The number of hydrogen-bond acceptors (Lipinski definition) is 2. The number of rotatable bonds is 4. The van der Waals surface area contributed by atoms with Crippen molar-refractivity contribution >= 4 is 5.69 Å². The Labute approximate surface area is 111 Å². The van der Waals surface area contributed by atoms with Crippen molar-refractivity contribution in [1.29, 1.82) is 0 Å². The molecule has 0 aromatic heterocycles. The Kier molecular flexibility index (Phi) is 4.28. The summed E-state index contributed by atoms with van der Waals surface area (Å²) < 4.78 is 0. The summed E-state index contributed by atoms with van der Waals surface area (Å²) in [4.78, 5) is 2.60. The average molecular weight is 246 g/mol. The Balaban J connectivity index is 2.37. The van der Waals surface area contributed by atoms with E-state index in [9.17, 15) is 0 Å². The SMILES string of the molecule is CCC(N)c1ccccc1N1C(C)CCC1CC. The maximum Gasteiger partial charge on any atom is 0.0419 e.